The van der Waals surface area contributed by atoms with Crippen LogP contribution in [0.25, 0.3) is 6.08 Å². The van der Waals surface area contributed by atoms with Crippen molar-refractivity contribution in [3.63, 3.8) is 0 Å². The van der Waals surface area contributed by atoms with Crippen molar-refractivity contribution in [2.24, 2.45) is 4.99 Å². The lowest BCUT2D eigenvalue weighted by Crippen LogP contribution is -2.07. The summed E-state index contributed by atoms with van der Waals surface area (Å²) in [6, 6.07) is 20.4. The molecule has 0 saturated heterocycles. The van der Waals surface area contributed by atoms with E-state index in [0.29, 0.717) is 29.4 Å². The van der Waals surface area contributed by atoms with Gasteiger partial charge in [-0.2, -0.15) is 0 Å². The topological polar surface area (TPSA) is 86.2 Å². The number of aryl methyl sites for hydroxylation is 1. The summed E-state index contributed by atoms with van der Waals surface area (Å²) in [6.45, 7) is 3.89. The average Bonchev–Trinajstić information content (AvgIpc) is 3.19. The van der Waals surface area contributed by atoms with E-state index in [2.05, 4.69) is 10.3 Å². The van der Waals surface area contributed by atoms with Gasteiger partial charge in [-0.05, 0) is 60.5 Å². The minimum Gasteiger partial charge on any atom is -0.493 e. The molecular formula is C27H24N2O5. The highest BCUT2D eigenvalue weighted by Gasteiger charge is 2.24. The van der Waals surface area contributed by atoms with Gasteiger partial charge in [-0.1, -0.05) is 35.9 Å². The molecular weight excluding hydrogens is 432 g/mol. The lowest BCUT2D eigenvalue weighted by molar-refractivity contribution is -0.129. The van der Waals surface area contributed by atoms with Crippen LogP contribution in [0.1, 0.15) is 29.2 Å². The standard InChI is InChI=1S/C27H24N2O5/c1-17-4-6-19(7-5-17)16-33-24-13-8-20(15-25(24)32-3)14-23-27(31)34-26(29-23)21-9-11-22(12-10-21)28-18(2)30/h4-15H,16H2,1-3H3,(H,28,30)/b23-14-. The molecule has 7 heteroatoms. The number of methoxy groups -OCH3 is 1. The van der Waals surface area contributed by atoms with Crippen molar-refractivity contribution in [3.8, 4) is 11.5 Å². The van der Waals surface area contributed by atoms with E-state index >= 15 is 0 Å². The van der Waals surface area contributed by atoms with Crippen LogP contribution in [0.2, 0.25) is 0 Å². The van der Waals surface area contributed by atoms with Gasteiger partial charge in [0.25, 0.3) is 0 Å². The fraction of sp³-hybridized carbons (Fsp3) is 0.148. The van der Waals surface area contributed by atoms with Crippen molar-refractivity contribution >= 4 is 29.5 Å². The zero-order chi connectivity index (χ0) is 24.1. The number of anilines is 1. The fourth-order valence-electron chi connectivity index (χ4n) is 3.33. The van der Waals surface area contributed by atoms with Crippen LogP contribution >= 0.6 is 0 Å². The second-order valence-corrected chi connectivity index (χ2v) is 7.78. The van der Waals surface area contributed by atoms with E-state index in [-0.39, 0.29) is 17.5 Å². The van der Waals surface area contributed by atoms with Gasteiger partial charge in [-0.25, -0.2) is 9.79 Å². The summed E-state index contributed by atoms with van der Waals surface area (Å²) >= 11 is 0. The molecule has 4 rings (SSSR count). The minimum absolute atomic E-state index is 0.162. The molecule has 0 unspecified atom stereocenters. The Labute approximate surface area is 197 Å². The van der Waals surface area contributed by atoms with Gasteiger partial charge >= 0.3 is 5.97 Å². The summed E-state index contributed by atoms with van der Waals surface area (Å²) in [7, 11) is 1.57. The second kappa shape index (κ2) is 10.0. The van der Waals surface area contributed by atoms with E-state index in [1.54, 1.807) is 49.6 Å². The van der Waals surface area contributed by atoms with E-state index in [1.807, 2.05) is 37.3 Å². The maximum absolute atomic E-state index is 12.4. The third-order valence-corrected chi connectivity index (χ3v) is 5.08. The van der Waals surface area contributed by atoms with Crippen molar-refractivity contribution in [1.82, 2.24) is 0 Å². The van der Waals surface area contributed by atoms with Crippen molar-refractivity contribution in [2.75, 3.05) is 12.4 Å². The van der Waals surface area contributed by atoms with Crippen LogP contribution in [0.5, 0.6) is 11.5 Å². The number of cyclic esters (lactones) is 1. The Hall–Kier alpha value is -4.39. The van der Waals surface area contributed by atoms with Gasteiger partial charge in [-0.3, -0.25) is 4.79 Å². The highest BCUT2D eigenvalue weighted by molar-refractivity contribution is 6.13. The molecule has 172 valence electrons. The number of nitrogens with zero attached hydrogens (tertiary/aromatic N) is 1. The molecule has 1 aliphatic rings. The molecule has 1 N–H and O–H groups in total. The van der Waals surface area contributed by atoms with Crippen molar-refractivity contribution < 1.29 is 23.8 Å². The number of amides is 1. The van der Waals surface area contributed by atoms with Crippen molar-refractivity contribution in [2.45, 2.75) is 20.5 Å². The molecule has 0 aliphatic carbocycles. The maximum Gasteiger partial charge on any atom is 0.363 e. The number of benzene rings is 3. The van der Waals surface area contributed by atoms with Gasteiger partial charge < -0.3 is 19.5 Å². The molecule has 1 aliphatic heterocycles. The number of hydrogen-bond acceptors (Lipinski definition) is 6. The summed E-state index contributed by atoms with van der Waals surface area (Å²) < 4.78 is 16.7. The predicted octanol–water partition coefficient (Wildman–Crippen LogP) is 4.89. The monoisotopic (exact) mass is 456 g/mol. The van der Waals surface area contributed by atoms with Crippen LogP contribution < -0.4 is 14.8 Å². The summed E-state index contributed by atoms with van der Waals surface area (Å²) in [5.74, 6) is 0.646. The molecule has 7 nitrogen and oxygen atoms in total. The fourth-order valence-corrected chi connectivity index (χ4v) is 3.33. The Morgan fingerprint density at radius 1 is 1.03 bits per heavy atom. The lowest BCUT2D eigenvalue weighted by atomic mass is 10.1. The number of carbonyl (C=O) groups excluding carboxylic acids is 2. The minimum atomic E-state index is -0.542. The lowest BCUT2D eigenvalue weighted by Gasteiger charge is -2.11. The third-order valence-electron chi connectivity index (χ3n) is 5.08. The zero-order valence-corrected chi connectivity index (χ0v) is 19.1. The summed E-state index contributed by atoms with van der Waals surface area (Å²) in [5, 5.41) is 2.69. The van der Waals surface area contributed by atoms with Crippen LogP contribution in [0.4, 0.5) is 5.69 Å². The molecule has 0 aromatic heterocycles. The van der Waals surface area contributed by atoms with E-state index in [9.17, 15) is 9.59 Å². The van der Waals surface area contributed by atoms with Gasteiger partial charge in [-0.15, -0.1) is 0 Å². The van der Waals surface area contributed by atoms with Gasteiger partial charge in [0.1, 0.15) is 6.61 Å². The van der Waals surface area contributed by atoms with Crippen molar-refractivity contribution in [1.29, 1.82) is 0 Å². The molecule has 0 spiro atoms. The maximum atomic E-state index is 12.4. The molecule has 1 amide bonds. The van der Waals surface area contributed by atoms with Crippen LogP contribution in [-0.2, 0) is 20.9 Å². The highest BCUT2D eigenvalue weighted by Crippen LogP contribution is 2.30. The van der Waals surface area contributed by atoms with Crippen LogP contribution in [-0.4, -0.2) is 24.9 Å². The third kappa shape index (κ3) is 5.50. The Morgan fingerprint density at radius 2 is 1.76 bits per heavy atom. The van der Waals surface area contributed by atoms with Crippen LogP contribution in [0.3, 0.4) is 0 Å². The molecule has 34 heavy (non-hydrogen) atoms. The van der Waals surface area contributed by atoms with E-state index in [4.69, 9.17) is 14.2 Å². The first-order valence-electron chi connectivity index (χ1n) is 10.7. The van der Waals surface area contributed by atoms with Gasteiger partial charge in [0.15, 0.2) is 17.2 Å². The van der Waals surface area contributed by atoms with Crippen molar-refractivity contribution in [3.05, 3.63) is 94.7 Å². The number of rotatable bonds is 7. The second-order valence-electron chi connectivity index (χ2n) is 7.78. The smallest absolute Gasteiger partial charge is 0.363 e. The largest absolute Gasteiger partial charge is 0.493 e. The Balaban J connectivity index is 1.50. The normalized spacial score (nSPS) is 13.9. The molecule has 1 heterocycles. The number of esters is 1. The molecule has 0 atom stereocenters. The Morgan fingerprint density at radius 3 is 2.44 bits per heavy atom. The first kappa shape index (κ1) is 22.8. The summed E-state index contributed by atoms with van der Waals surface area (Å²) in [5.41, 5.74) is 4.42. The SMILES string of the molecule is COc1cc(/C=C2\N=C(c3ccc(NC(C)=O)cc3)OC2=O)ccc1OCc1ccc(C)cc1. The van der Waals surface area contributed by atoms with E-state index < -0.39 is 5.97 Å². The quantitative estimate of drug-likeness (QED) is 0.404. The average molecular weight is 456 g/mol. The number of hydrogen-bond donors (Lipinski definition) is 1. The molecule has 0 radical (unpaired) electrons. The zero-order valence-electron chi connectivity index (χ0n) is 19.1. The highest BCUT2D eigenvalue weighted by atomic mass is 16.6. The molecule has 0 fully saturated rings. The number of nitrogens with one attached hydrogen (secondary N) is 1. The molecule has 3 aromatic carbocycles. The summed E-state index contributed by atoms with van der Waals surface area (Å²) in [6.07, 6.45) is 1.63. The number of aliphatic imine (C=N–C) groups is 1. The molecule has 0 bridgehead atoms. The van der Waals surface area contributed by atoms with Gasteiger partial charge in [0, 0.05) is 18.2 Å². The Kier molecular flexibility index (Phi) is 6.73. The first-order chi connectivity index (χ1) is 16.4. The predicted molar refractivity (Wildman–Crippen MR) is 130 cm³/mol. The van der Waals surface area contributed by atoms with Crippen LogP contribution in [0.15, 0.2) is 77.4 Å². The van der Waals surface area contributed by atoms with Gasteiger partial charge in [0.2, 0.25) is 11.8 Å². The Bertz CT molecular complexity index is 1280. The van der Waals surface area contributed by atoms with Crippen LogP contribution in [0, 0.1) is 6.92 Å². The van der Waals surface area contributed by atoms with Gasteiger partial charge in [0.05, 0.1) is 7.11 Å². The van der Waals surface area contributed by atoms with E-state index in [0.717, 1.165) is 11.1 Å². The first-order valence-corrected chi connectivity index (χ1v) is 10.7. The molecule has 3 aromatic rings. The molecule has 0 saturated carbocycles. The summed E-state index contributed by atoms with van der Waals surface area (Å²) in [4.78, 5) is 27.9. The van der Waals surface area contributed by atoms with E-state index in [1.165, 1.54) is 12.5 Å². The number of carbonyl (C=O) groups is 2. The number of ether oxygens (including phenoxy) is 3.